The van der Waals surface area contributed by atoms with Gasteiger partial charge in [-0.1, -0.05) is 6.08 Å². The largest absolute Gasteiger partial charge is 0.478 e. The van der Waals surface area contributed by atoms with E-state index in [1.165, 1.54) is 26.0 Å². The van der Waals surface area contributed by atoms with Gasteiger partial charge < -0.3 is 14.6 Å². The van der Waals surface area contributed by atoms with Crippen LogP contribution in [0, 0.1) is 6.92 Å². The Kier molecular flexibility index (Phi) is 4.10. The van der Waals surface area contributed by atoms with Gasteiger partial charge in [-0.05, 0) is 37.6 Å². The van der Waals surface area contributed by atoms with Crippen LogP contribution in [0.1, 0.15) is 28.4 Å². The number of rotatable bonds is 3. The first-order chi connectivity index (χ1) is 10.6. The molecule has 2 rings (SSSR count). The third-order valence-electron chi connectivity index (χ3n) is 3.31. The minimum Gasteiger partial charge on any atom is -0.478 e. The molecule has 0 spiro atoms. The van der Waals surface area contributed by atoms with Crippen molar-refractivity contribution in [1.29, 1.82) is 0 Å². The molecular formula is C15H13F3O5. The monoisotopic (exact) mass is 330 g/mol. The van der Waals surface area contributed by atoms with Crippen molar-refractivity contribution in [3.05, 3.63) is 34.9 Å². The lowest BCUT2D eigenvalue weighted by Gasteiger charge is -2.34. The molecule has 0 aromatic heterocycles. The number of alkyl halides is 3. The third-order valence-corrected chi connectivity index (χ3v) is 3.31. The van der Waals surface area contributed by atoms with Crippen LogP contribution >= 0.6 is 0 Å². The van der Waals surface area contributed by atoms with E-state index in [2.05, 4.69) is 4.74 Å². The van der Waals surface area contributed by atoms with Crippen molar-refractivity contribution in [2.75, 3.05) is 6.61 Å². The van der Waals surface area contributed by atoms with Gasteiger partial charge in [-0.2, -0.15) is 13.2 Å². The molecule has 1 aliphatic heterocycles. The van der Waals surface area contributed by atoms with E-state index in [1.807, 2.05) is 0 Å². The molecule has 1 aromatic rings. The van der Waals surface area contributed by atoms with E-state index < -0.39 is 23.7 Å². The number of halogens is 3. The van der Waals surface area contributed by atoms with Crippen LogP contribution in [0.2, 0.25) is 0 Å². The highest BCUT2D eigenvalue weighted by Crippen LogP contribution is 2.43. The first-order valence-corrected chi connectivity index (χ1v) is 6.62. The fourth-order valence-electron chi connectivity index (χ4n) is 2.21. The molecule has 5 nitrogen and oxygen atoms in total. The van der Waals surface area contributed by atoms with Crippen LogP contribution in [0.25, 0.3) is 6.08 Å². The summed E-state index contributed by atoms with van der Waals surface area (Å²) in [7, 11) is 0. The lowest BCUT2D eigenvalue weighted by molar-refractivity contribution is -0.238. The number of hydrogen-bond acceptors (Lipinski definition) is 4. The predicted molar refractivity (Wildman–Crippen MR) is 73.2 cm³/mol. The molecule has 0 amide bonds. The number of carbonyl (C=O) groups is 2. The van der Waals surface area contributed by atoms with E-state index in [-0.39, 0.29) is 29.0 Å². The summed E-state index contributed by atoms with van der Waals surface area (Å²) >= 11 is 0. The Hall–Kier alpha value is -2.51. The summed E-state index contributed by atoms with van der Waals surface area (Å²) in [6.07, 6.45) is -3.48. The molecule has 0 aliphatic carbocycles. The molecule has 23 heavy (non-hydrogen) atoms. The second kappa shape index (κ2) is 5.60. The second-order valence-electron chi connectivity index (χ2n) is 4.91. The predicted octanol–water partition coefficient (Wildman–Crippen LogP) is 2.96. The van der Waals surface area contributed by atoms with Crippen molar-refractivity contribution in [2.24, 2.45) is 0 Å². The van der Waals surface area contributed by atoms with Gasteiger partial charge in [-0.25, -0.2) is 9.59 Å². The highest BCUT2D eigenvalue weighted by atomic mass is 19.4. The summed E-state index contributed by atoms with van der Waals surface area (Å²) in [5, 5.41) is 8.98. The topological polar surface area (TPSA) is 72.8 Å². The number of benzene rings is 1. The lowest BCUT2D eigenvalue weighted by Crippen LogP contribution is -2.57. The average molecular weight is 330 g/mol. The van der Waals surface area contributed by atoms with Crippen LogP contribution in [-0.2, 0) is 9.53 Å². The van der Waals surface area contributed by atoms with Gasteiger partial charge in [0.1, 0.15) is 5.75 Å². The number of aryl methyl sites for hydroxylation is 1. The van der Waals surface area contributed by atoms with Gasteiger partial charge in [0.2, 0.25) is 0 Å². The molecule has 0 fully saturated rings. The molecule has 124 valence electrons. The van der Waals surface area contributed by atoms with E-state index in [0.29, 0.717) is 6.08 Å². The maximum Gasteiger partial charge on any atom is 0.443 e. The summed E-state index contributed by atoms with van der Waals surface area (Å²) in [5.41, 5.74) is -3.02. The van der Waals surface area contributed by atoms with Crippen LogP contribution in [0.3, 0.4) is 0 Å². The summed E-state index contributed by atoms with van der Waals surface area (Å²) in [6, 6.07) is 2.35. The van der Waals surface area contributed by atoms with E-state index in [0.717, 1.165) is 6.08 Å². The van der Waals surface area contributed by atoms with E-state index in [1.54, 1.807) is 0 Å². The van der Waals surface area contributed by atoms with Crippen molar-refractivity contribution in [3.8, 4) is 5.75 Å². The van der Waals surface area contributed by atoms with Crippen molar-refractivity contribution < 1.29 is 37.3 Å². The quantitative estimate of drug-likeness (QED) is 0.863. The van der Waals surface area contributed by atoms with Crippen molar-refractivity contribution in [2.45, 2.75) is 25.6 Å². The minimum atomic E-state index is -5.04. The zero-order valence-electron chi connectivity index (χ0n) is 12.2. The molecule has 1 unspecified atom stereocenters. The Morgan fingerprint density at radius 3 is 2.52 bits per heavy atom. The summed E-state index contributed by atoms with van der Waals surface area (Å²) in [6.45, 7) is 2.54. The third kappa shape index (κ3) is 2.76. The number of carboxylic acids is 1. The molecule has 0 radical (unpaired) electrons. The molecule has 1 aliphatic rings. The van der Waals surface area contributed by atoms with Crippen LogP contribution in [0.15, 0.2) is 18.2 Å². The van der Waals surface area contributed by atoms with Gasteiger partial charge in [0.15, 0.2) is 0 Å². The minimum absolute atomic E-state index is 0.0925. The van der Waals surface area contributed by atoms with Crippen LogP contribution in [0.5, 0.6) is 5.75 Å². The van der Waals surface area contributed by atoms with Gasteiger partial charge in [0.05, 0.1) is 12.2 Å². The average Bonchev–Trinajstić information content (AvgIpc) is 2.45. The maximum absolute atomic E-state index is 13.4. The zero-order chi connectivity index (χ0) is 17.4. The number of fused-ring (bicyclic) bond motifs is 1. The summed E-state index contributed by atoms with van der Waals surface area (Å²) < 4.78 is 49.8. The van der Waals surface area contributed by atoms with E-state index >= 15 is 0 Å². The Morgan fingerprint density at radius 1 is 1.35 bits per heavy atom. The van der Waals surface area contributed by atoms with Crippen LogP contribution in [0.4, 0.5) is 13.2 Å². The summed E-state index contributed by atoms with van der Waals surface area (Å²) in [5.74, 6) is -3.00. The van der Waals surface area contributed by atoms with Gasteiger partial charge >= 0.3 is 23.7 Å². The molecule has 1 heterocycles. The van der Waals surface area contributed by atoms with Gasteiger partial charge in [-0.3, -0.25) is 0 Å². The molecule has 0 saturated carbocycles. The molecule has 0 saturated heterocycles. The number of hydrogen-bond donors (Lipinski definition) is 1. The number of carboxylic acid groups (broad SMARTS) is 1. The highest BCUT2D eigenvalue weighted by molar-refractivity contribution is 5.91. The first-order valence-electron chi connectivity index (χ1n) is 6.62. The number of carbonyl (C=O) groups excluding carboxylic acids is 1. The fraction of sp³-hybridized carbons (Fsp3) is 0.333. The molecule has 8 heteroatoms. The molecule has 1 aromatic carbocycles. The standard InChI is InChI=1S/C15H13F3O5/c1-3-22-13(21)14(15(16,17)18)5-4-9-7-10(12(19)20)6-8(2)11(9)23-14/h4-7H,3H2,1-2H3,(H,19,20). The second-order valence-corrected chi connectivity index (χ2v) is 4.91. The normalized spacial score (nSPS) is 19.7. The Morgan fingerprint density at radius 2 is 2.00 bits per heavy atom. The van der Waals surface area contributed by atoms with Crippen molar-refractivity contribution in [1.82, 2.24) is 0 Å². The van der Waals surface area contributed by atoms with E-state index in [4.69, 9.17) is 9.84 Å². The first kappa shape index (κ1) is 16.9. The Labute approximate surface area is 129 Å². The molecule has 1 atom stereocenters. The Bertz CT molecular complexity index is 693. The number of ether oxygens (including phenoxy) is 2. The van der Waals surface area contributed by atoms with Gasteiger partial charge in [-0.15, -0.1) is 0 Å². The fourth-order valence-corrected chi connectivity index (χ4v) is 2.21. The SMILES string of the molecule is CCOC(=O)C1(C(F)(F)F)C=Cc2cc(C(=O)O)cc(C)c2O1. The lowest BCUT2D eigenvalue weighted by atomic mass is 9.95. The van der Waals surface area contributed by atoms with Crippen LogP contribution in [-0.4, -0.2) is 35.4 Å². The smallest absolute Gasteiger partial charge is 0.443 e. The zero-order valence-corrected chi connectivity index (χ0v) is 12.2. The van der Waals surface area contributed by atoms with Gasteiger partial charge in [0, 0.05) is 5.56 Å². The molecule has 1 N–H and O–H groups in total. The highest BCUT2D eigenvalue weighted by Gasteiger charge is 2.64. The Balaban J connectivity index is 2.57. The molecular weight excluding hydrogens is 317 g/mol. The number of aromatic carboxylic acids is 1. The van der Waals surface area contributed by atoms with Crippen molar-refractivity contribution >= 4 is 18.0 Å². The maximum atomic E-state index is 13.4. The van der Waals surface area contributed by atoms with E-state index in [9.17, 15) is 22.8 Å². The number of esters is 1. The molecule has 0 bridgehead atoms. The van der Waals surface area contributed by atoms with Crippen molar-refractivity contribution in [3.63, 3.8) is 0 Å². The van der Waals surface area contributed by atoms with Gasteiger partial charge in [0.25, 0.3) is 0 Å². The van der Waals surface area contributed by atoms with Crippen LogP contribution < -0.4 is 4.74 Å². The summed E-state index contributed by atoms with van der Waals surface area (Å²) in [4.78, 5) is 22.9.